The number of amides is 1. The fourth-order valence-electron chi connectivity index (χ4n) is 3.30. The summed E-state index contributed by atoms with van der Waals surface area (Å²) in [6, 6.07) is 5.71. The molecule has 1 heterocycles. The summed E-state index contributed by atoms with van der Waals surface area (Å²) in [4.78, 5) is 24.5. The van der Waals surface area contributed by atoms with Crippen molar-refractivity contribution in [2.45, 2.75) is 46.6 Å². The molecular formula is C18H23N3O3. The molecule has 1 amide bonds. The van der Waals surface area contributed by atoms with Crippen molar-refractivity contribution in [3.05, 3.63) is 34.4 Å². The fraction of sp³-hybridized carbons (Fsp3) is 0.500. The van der Waals surface area contributed by atoms with Gasteiger partial charge in [0.15, 0.2) is 0 Å². The maximum Gasteiger partial charge on any atom is 0.305 e. The molecule has 2 N–H and O–H groups in total. The predicted octanol–water partition coefficient (Wildman–Crippen LogP) is 2.50. The second-order valence-corrected chi connectivity index (χ2v) is 7.32. The van der Waals surface area contributed by atoms with Crippen molar-refractivity contribution in [2.75, 3.05) is 6.54 Å². The Morgan fingerprint density at radius 1 is 1.38 bits per heavy atom. The highest BCUT2D eigenvalue weighted by Crippen LogP contribution is 2.47. The lowest BCUT2D eigenvalue weighted by Crippen LogP contribution is -2.65. The Hall–Kier alpha value is -2.39. The van der Waals surface area contributed by atoms with Gasteiger partial charge in [0.25, 0.3) is 5.91 Å². The Kier molecular flexibility index (Phi) is 4.42. The van der Waals surface area contributed by atoms with E-state index >= 15 is 0 Å². The lowest BCUT2D eigenvalue weighted by atomic mass is 9.65. The number of aryl methyl sites for hydroxylation is 1. The first-order chi connectivity index (χ1) is 11.0. The third-order valence-electron chi connectivity index (χ3n) is 4.91. The highest BCUT2D eigenvalue weighted by molar-refractivity contribution is 5.99. The summed E-state index contributed by atoms with van der Waals surface area (Å²) in [5.74, 6) is -1.26. The number of benzene rings is 1. The molecule has 6 nitrogen and oxygen atoms in total. The van der Waals surface area contributed by atoms with Gasteiger partial charge in [0, 0.05) is 5.56 Å². The van der Waals surface area contributed by atoms with Gasteiger partial charge >= 0.3 is 5.97 Å². The minimum absolute atomic E-state index is 0.150. The highest BCUT2D eigenvalue weighted by atomic mass is 16.4. The number of hydrazine groups is 1. The van der Waals surface area contributed by atoms with Crippen LogP contribution in [0.3, 0.4) is 0 Å². The lowest BCUT2D eigenvalue weighted by Gasteiger charge is -2.51. The van der Waals surface area contributed by atoms with Gasteiger partial charge < -0.3 is 5.11 Å². The molecule has 0 bridgehead atoms. The fourth-order valence-corrected chi connectivity index (χ4v) is 3.30. The molecule has 1 atom stereocenters. The molecule has 1 aliphatic heterocycles. The first-order valence-corrected chi connectivity index (χ1v) is 7.84. The number of nitrogens with one attached hydrogen (secondary N) is 1. The lowest BCUT2D eigenvalue weighted by molar-refractivity contribution is -0.141. The maximum absolute atomic E-state index is 12.8. The number of carboxylic acid groups (broad SMARTS) is 1. The van der Waals surface area contributed by atoms with Gasteiger partial charge in [-0.3, -0.25) is 14.6 Å². The van der Waals surface area contributed by atoms with Gasteiger partial charge in [-0.15, -0.1) is 0 Å². The number of carbonyl (C=O) groups excluding carboxylic acids is 1. The summed E-state index contributed by atoms with van der Waals surface area (Å²) >= 11 is 0. The summed E-state index contributed by atoms with van der Waals surface area (Å²) in [5.41, 5.74) is 4.54. The smallest absolute Gasteiger partial charge is 0.305 e. The van der Waals surface area contributed by atoms with E-state index in [-0.39, 0.29) is 18.9 Å². The summed E-state index contributed by atoms with van der Waals surface area (Å²) in [7, 11) is 0. The van der Waals surface area contributed by atoms with Crippen LogP contribution in [0.5, 0.6) is 0 Å². The Morgan fingerprint density at radius 3 is 2.50 bits per heavy atom. The van der Waals surface area contributed by atoms with E-state index in [1.807, 2.05) is 52.8 Å². The second kappa shape index (κ2) is 5.91. The maximum atomic E-state index is 12.8. The van der Waals surface area contributed by atoms with E-state index < -0.39 is 16.9 Å². The van der Waals surface area contributed by atoms with Crippen molar-refractivity contribution < 1.29 is 14.7 Å². The van der Waals surface area contributed by atoms with E-state index in [2.05, 4.69) is 5.43 Å². The molecule has 0 aliphatic carbocycles. The van der Waals surface area contributed by atoms with E-state index in [0.717, 1.165) is 11.1 Å². The van der Waals surface area contributed by atoms with Crippen LogP contribution in [0.4, 0.5) is 0 Å². The SMILES string of the molecule is Cc1ccc2c(c1C)C(=O)N(CC#N)NC2(CC(=O)O)C(C)(C)C. The van der Waals surface area contributed by atoms with E-state index in [9.17, 15) is 14.7 Å². The van der Waals surface area contributed by atoms with Crippen LogP contribution in [-0.4, -0.2) is 28.5 Å². The van der Waals surface area contributed by atoms with Gasteiger partial charge in [-0.2, -0.15) is 5.26 Å². The van der Waals surface area contributed by atoms with Crippen molar-refractivity contribution in [2.24, 2.45) is 5.41 Å². The van der Waals surface area contributed by atoms with Crippen LogP contribution < -0.4 is 5.43 Å². The summed E-state index contributed by atoms with van der Waals surface area (Å²) < 4.78 is 0. The second-order valence-electron chi connectivity index (χ2n) is 7.32. The Morgan fingerprint density at radius 2 is 2.00 bits per heavy atom. The van der Waals surface area contributed by atoms with Crippen LogP contribution in [0.25, 0.3) is 0 Å². The van der Waals surface area contributed by atoms with E-state index in [0.29, 0.717) is 11.1 Å². The van der Waals surface area contributed by atoms with Gasteiger partial charge in [-0.05, 0) is 36.0 Å². The molecule has 1 aromatic carbocycles. The molecule has 0 radical (unpaired) electrons. The number of aliphatic carboxylic acids is 1. The van der Waals surface area contributed by atoms with Crippen molar-refractivity contribution in [1.29, 1.82) is 5.26 Å². The average Bonchev–Trinajstić information content (AvgIpc) is 2.45. The number of carbonyl (C=O) groups is 2. The first-order valence-electron chi connectivity index (χ1n) is 7.84. The molecule has 2 rings (SSSR count). The topological polar surface area (TPSA) is 93.4 Å². The van der Waals surface area contributed by atoms with Crippen LogP contribution >= 0.6 is 0 Å². The van der Waals surface area contributed by atoms with E-state index in [4.69, 9.17) is 5.26 Å². The number of rotatable bonds is 3. The average molecular weight is 329 g/mol. The Bertz CT molecular complexity index is 743. The summed E-state index contributed by atoms with van der Waals surface area (Å²) in [5, 5.41) is 19.8. The minimum atomic E-state index is -0.989. The molecule has 0 saturated heterocycles. The highest BCUT2D eigenvalue weighted by Gasteiger charge is 2.52. The van der Waals surface area contributed by atoms with Crippen LogP contribution in [0, 0.1) is 30.6 Å². The third-order valence-corrected chi connectivity index (χ3v) is 4.91. The quantitative estimate of drug-likeness (QED) is 0.831. The van der Waals surface area contributed by atoms with Crippen molar-refractivity contribution in [1.82, 2.24) is 10.4 Å². The molecule has 0 saturated carbocycles. The molecule has 1 unspecified atom stereocenters. The van der Waals surface area contributed by atoms with Gasteiger partial charge in [-0.1, -0.05) is 32.9 Å². The number of nitrogens with zero attached hydrogens (tertiary/aromatic N) is 2. The molecule has 1 aromatic rings. The molecule has 24 heavy (non-hydrogen) atoms. The number of nitriles is 1. The summed E-state index contributed by atoms with van der Waals surface area (Å²) in [6.07, 6.45) is -0.193. The van der Waals surface area contributed by atoms with Gasteiger partial charge in [0.1, 0.15) is 6.54 Å². The largest absolute Gasteiger partial charge is 0.481 e. The van der Waals surface area contributed by atoms with Crippen molar-refractivity contribution in [3.63, 3.8) is 0 Å². The molecule has 6 heteroatoms. The van der Waals surface area contributed by atoms with E-state index in [1.165, 1.54) is 5.01 Å². The molecule has 0 aromatic heterocycles. The van der Waals surface area contributed by atoms with Crippen LogP contribution in [-0.2, 0) is 10.3 Å². The number of fused-ring (bicyclic) bond motifs is 1. The number of hydrogen-bond donors (Lipinski definition) is 2. The molecule has 0 fully saturated rings. The van der Waals surface area contributed by atoms with Crippen LogP contribution in [0.2, 0.25) is 0 Å². The predicted molar refractivity (Wildman–Crippen MR) is 89.1 cm³/mol. The molecule has 0 spiro atoms. The summed E-state index contributed by atoms with van der Waals surface area (Å²) in [6.45, 7) is 9.42. The van der Waals surface area contributed by atoms with Crippen LogP contribution in [0.15, 0.2) is 12.1 Å². The van der Waals surface area contributed by atoms with Crippen LogP contribution in [0.1, 0.15) is 54.2 Å². The zero-order chi connectivity index (χ0) is 18.3. The minimum Gasteiger partial charge on any atom is -0.481 e. The third kappa shape index (κ3) is 2.65. The Balaban J connectivity index is 2.84. The van der Waals surface area contributed by atoms with Gasteiger partial charge in [0.05, 0.1) is 18.0 Å². The van der Waals surface area contributed by atoms with Gasteiger partial charge in [-0.25, -0.2) is 5.43 Å². The zero-order valence-electron chi connectivity index (χ0n) is 14.7. The molecular weight excluding hydrogens is 306 g/mol. The Labute approximate surface area is 142 Å². The van der Waals surface area contributed by atoms with E-state index in [1.54, 1.807) is 0 Å². The monoisotopic (exact) mass is 329 g/mol. The van der Waals surface area contributed by atoms with Gasteiger partial charge in [0.2, 0.25) is 0 Å². The first kappa shape index (κ1) is 18.0. The number of hydrogen-bond acceptors (Lipinski definition) is 4. The molecule has 1 aliphatic rings. The molecule has 128 valence electrons. The van der Waals surface area contributed by atoms with Crippen molar-refractivity contribution in [3.8, 4) is 6.07 Å². The normalized spacial score (nSPS) is 20.5. The standard InChI is InChI=1S/C18H23N3O3/c1-11-6-7-13-15(12(11)2)16(24)21(9-8-19)20-18(13,10-14(22)23)17(3,4)5/h6-7,20H,9-10H2,1-5H3,(H,22,23). The number of carboxylic acids is 1. The zero-order valence-corrected chi connectivity index (χ0v) is 14.7. The van der Waals surface area contributed by atoms with Crippen molar-refractivity contribution >= 4 is 11.9 Å².